The summed E-state index contributed by atoms with van der Waals surface area (Å²) in [5.74, 6) is -0.896. The summed E-state index contributed by atoms with van der Waals surface area (Å²) in [6.45, 7) is 11.4. The van der Waals surface area contributed by atoms with Gasteiger partial charge in [-0.05, 0) is 73.9 Å². The minimum atomic E-state index is -1.59. The molecule has 0 spiro atoms. The summed E-state index contributed by atoms with van der Waals surface area (Å²) < 4.78 is 15.1. The number of aryl methyl sites for hydroxylation is 4. The Morgan fingerprint density at radius 2 is 1.81 bits per heavy atom. The van der Waals surface area contributed by atoms with Gasteiger partial charge >= 0.3 is 0 Å². The Balaban J connectivity index is 2.88. The highest BCUT2D eigenvalue weighted by molar-refractivity contribution is 5.92. The molecule has 1 unspecified atom stereocenters. The van der Waals surface area contributed by atoms with E-state index in [-0.39, 0.29) is 12.2 Å². The average molecular weight is 369 g/mol. The lowest BCUT2D eigenvalue weighted by Gasteiger charge is -2.34. The zero-order valence-electron chi connectivity index (χ0n) is 16.8. The summed E-state index contributed by atoms with van der Waals surface area (Å²) >= 11 is 0. The van der Waals surface area contributed by atoms with Gasteiger partial charge in [0, 0.05) is 12.6 Å². The normalized spacial score (nSPS) is 13.1. The number of nitrogens with two attached hydrogens (primary N) is 1. The number of amides is 1. The second-order valence-electron chi connectivity index (χ2n) is 6.97. The molecule has 5 heteroatoms. The molecule has 0 aliphatic heterocycles. The molecule has 0 fully saturated rings. The smallest absolute Gasteiger partial charge is 0.260 e. The van der Waals surface area contributed by atoms with E-state index >= 15 is 4.39 Å². The number of likely N-dealkylation sites (N-methyl/N-ethyl adjacent to an activating group) is 1. The lowest BCUT2D eigenvalue weighted by atomic mass is 9.79. The minimum Gasteiger partial charge on any atom is -0.330 e. The van der Waals surface area contributed by atoms with Crippen LogP contribution in [0, 0.1) is 26.6 Å². The Hall–Kier alpha value is -2.53. The van der Waals surface area contributed by atoms with Crippen LogP contribution in [0.1, 0.15) is 40.3 Å². The van der Waals surface area contributed by atoms with Gasteiger partial charge in [0.2, 0.25) is 0 Å². The quantitative estimate of drug-likeness (QED) is 0.624. The van der Waals surface area contributed by atoms with Crippen LogP contribution in [0.5, 0.6) is 0 Å². The highest BCUT2D eigenvalue weighted by Crippen LogP contribution is 2.38. The summed E-state index contributed by atoms with van der Waals surface area (Å²) in [5.41, 5.74) is 8.76. The van der Waals surface area contributed by atoms with E-state index in [1.54, 1.807) is 13.1 Å². The number of carbonyl (C=O) groups excluding carboxylic acids is 1. The third-order valence-corrected chi connectivity index (χ3v) is 5.28. The first-order chi connectivity index (χ1) is 12.7. The number of rotatable bonds is 6. The molecule has 1 amide bonds. The second-order valence-corrected chi connectivity index (χ2v) is 6.97. The van der Waals surface area contributed by atoms with Gasteiger partial charge in [-0.2, -0.15) is 0 Å². The first-order valence-electron chi connectivity index (χ1n) is 9.03. The van der Waals surface area contributed by atoms with Gasteiger partial charge in [-0.25, -0.2) is 4.39 Å². The van der Waals surface area contributed by atoms with Crippen molar-refractivity contribution in [3.8, 4) is 0 Å². The first kappa shape index (κ1) is 20.8. The standard InChI is InChI=1S/C22H28FN3O/c1-7-17-8-9-18(10-16(17)4)22(25-5,21(27)26(6)13-24)19-11-14(2)15(3)12-20(19)23/h8-12H,5,7,13,24H2,1-4,6H3. The lowest BCUT2D eigenvalue weighted by Crippen LogP contribution is -2.47. The fourth-order valence-corrected chi connectivity index (χ4v) is 3.37. The molecular weight excluding hydrogens is 341 g/mol. The van der Waals surface area contributed by atoms with E-state index in [1.165, 1.54) is 11.0 Å². The van der Waals surface area contributed by atoms with Crippen molar-refractivity contribution in [2.75, 3.05) is 13.7 Å². The summed E-state index contributed by atoms with van der Waals surface area (Å²) in [6, 6.07) is 8.80. The molecule has 0 saturated heterocycles. The van der Waals surface area contributed by atoms with E-state index in [0.717, 1.165) is 28.7 Å². The van der Waals surface area contributed by atoms with Gasteiger partial charge in [0.1, 0.15) is 5.82 Å². The van der Waals surface area contributed by atoms with Crippen molar-refractivity contribution >= 4 is 12.6 Å². The van der Waals surface area contributed by atoms with Crippen LogP contribution in [0.4, 0.5) is 4.39 Å². The van der Waals surface area contributed by atoms with Gasteiger partial charge in [0.25, 0.3) is 5.91 Å². The fourth-order valence-electron chi connectivity index (χ4n) is 3.37. The van der Waals surface area contributed by atoms with Crippen molar-refractivity contribution in [2.45, 2.75) is 39.7 Å². The molecule has 0 saturated carbocycles. The molecule has 27 heavy (non-hydrogen) atoms. The largest absolute Gasteiger partial charge is 0.330 e. The van der Waals surface area contributed by atoms with Crippen molar-refractivity contribution < 1.29 is 9.18 Å². The van der Waals surface area contributed by atoms with E-state index < -0.39 is 17.3 Å². The molecular formula is C22H28FN3O. The molecule has 0 aliphatic carbocycles. The van der Waals surface area contributed by atoms with Crippen LogP contribution in [-0.2, 0) is 16.8 Å². The molecule has 4 nitrogen and oxygen atoms in total. The second kappa shape index (κ2) is 8.01. The molecule has 2 aromatic carbocycles. The van der Waals surface area contributed by atoms with Crippen LogP contribution in [0.2, 0.25) is 0 Å². The summed E-state index contributed by atoms with van der Waals surface area (Å²) in [4.78, 5) is 18.9. The van der Waals surface area contributed by atoms with Crippen LogP contribution in [0.25, 0.3) is 0 Å². The maximum absolute atomic E-state index is 15.1. The zero-order valence-corrected chi connectivity index (χ0v) is 16.8. The van der Waals surface area contributed by atoms with Gasteiger partial charge in [-0.15, -0.1) is 0 Å². The van der Waals surface area contributed by atoms with E-state index in [2.05, 4.69) is 18.6 Å². The van der Waals surface area contributed by atoms with Gasteiger partial charge in [0.05, 0.1) is 6.67 Å². The zero-order chi connectivity index (χ0) is 20.4. The van der Waals surface area contributed by atoms with E-state index in [9.17, 15) is 4.79 Å². The van der Waals surface area contributed by atoms with Crippen molar-refractivity contribution in [2.24, 2.45) is 10.7 Å². The summed E-state index contributed by atoms with van der Waals surface area (Å²) in [6.07, 6.45) is 0.870. The Morgan fingerprint density at radius 1 is 1.19 bits per heavy atom. The Kier molecular flexibility index (Phi) is 6.16. The average Bonchev–Trinajstić information content (AvgIpc) is 2.65. The third-order valence-electron chi connectivity index (χ3n) is 5.28. The van der Waals surface area contributed by atoms with Crippen LogP contribution < -0.4 is 5.73 Å². The van der Waals surface area contributed by atoms with Gasteiger partial charge in [-0.3, -0.25) is 9.79 Å². The van der Waals surface area contributed by atoms with Crippen LogP contribution in [0.15, 0.2) is 35.3 Å². The molecule has 0 heterocycles. The van der Waals surface area contributed by atoms with E-state index in [1.807, 2.05) is 39.0 Å². The number of hydrogen-bond acceptors (Lipinski definition) is 3. The lowest BCUT2D eigenvalue weighted by molar-refractivity contribution is -0.134. The highest BCUT2D eigenvalue weighted by Gasteiger charge is 2.45. The van der Waals surface area contributed by atoms with Crippen molar-refractivity contribution in [1.82, 2.24) is 4.90 Å². The maximum Gasteiger partial charge on any atom is 0.260 e. The fraction of sp³-hybridized carbons (Fsp3) is 0.364. The number of hydrogen-bond donors (Lipinski definition) is 1. The molecule has 2 rings (SSSR count). The number of carbonyl (C=O) groups is 1. The monoisotopic (exact) mass is 369 g/mol. The topological polar surface area (TPSA) is 58.7 Å². The minimum absolute atomic E-state index is 0.00537. The maximum atomic E-state index is 15.1. The molecule has 144 valence electrons. The molecule has 0 aromatic heterocycles. The third kappa shape index (κ3) is 3.52. The number of halogens is 1. The molecule has 1 atom stereocenters. The van der Waals surface area contributed by atoms with Gasteiger partial charge in [-0.1, -0.05) is 25.1 Å². The molecule has 0 radical (unpaired) electrons. The summed E-state index contributed by atoms with van der Waals surface area (Å²) in [5, 5.41) is 0. The molecule has 2 N–H and O–H groups in total. The SMILES string of the molecule is C=NC(C(=O)N(C)CN)(c1ccc(CC)c(C)c1)c1cc(C)c(C)cc1F. The van der Waals surface area contributed by atoms with Gasteiger partial charge in [0.15, 0.2) is 5.54 Å². The predicted molar refractivity (Wildman–Crippen MR) is 109 cm³/mol. The van der Waals surface area contributed by atoms with Gasteiger partial charge < -0.3 is 10.6 Å². The highest BCUT2D eigenvalue weighted by atomic mass is 19.1. The van der Waals surface area contributed by atoms with Crippen LogP contribution >= 0.6 is 0 Å². The van der Waals surface area contributed by atoms with Crippen molar-refractivity contribution in [1.29, 1.82) is 0 Å². The van der Waals surface area contributed by atoms with Crippen molar-refractivity contribution in [3.63, 3.8) is 0 Å². The van der Waals surface area contributed by atoms with E-state index in [4.69, 9.17) is 5.73 Å². The molecule has 0 aliphatic rings. The van der Waals surface area contributed by atoms with Crippen LogP contribution in [-0.4, -0.2) is 31.2 Å². The number of benzene rings is 2. The number of aliphatic imine (C=N–C) groups is 1. The van der Waals surface area contributed by atoms with Crippen molar-refractivity contribution in [3.05, 3.63) is 69.5 Å². The van der Waals surface area contributed by atoms with Crippen LogP contribution in [0.3, 0.4) is 0 Å². The summed E-state index contributed by atoms with van der Waals surface area (Å²) in [7, 11) is 1.58. The Morgan fingerprint density at radius 3 is 2.33 bits per heavy atom. The first-order valence-corrected chi connectivity index (χ1v) is 9.03. The Labute approximate surface area is 160 Å². The predicted octanol–water partition coefficient (Wildman–Crippen LogP) is 3.63. The Bertz CT molecular complexity index is 878. The molecule has 2 aromatic rings. The molecule has 0 bridgehead atoms. The number of nitrogens with zero attached hydrogens (tertiary/aromatic N) is 2. The van der Waals surface area contributed by atoms with E-state index in [0.29, 0.717) is 5.56 Å².